The molecule has 0 saturated heterocycles. The first-order chi connectivity index (χ1) is 13.1. The Morgan fingerprint density at radius 3 is 2.63 bits per heavy atom. The second-order valence-electron chi connectivity index (χ2n) is 7.21. The van der Waals surface area contributed by atoms with Crippen molar-refractivity contribution in [2.24, 2.45) is 7.05 Å². The molecule has 27 heavy (non-hydrogen) atoms. The Bertz CT molecular complexity index is 944. The molecule has 1 aliphatic rings. The van der Waals surface area contributed by atoms with Crippen LogP contribution in [0.4, 0.5) is 0 Å². The van der Waals surface area contributed by atoms with E-state index in [4.69, 9.17) is 0 Å². The van der Waals surface area contributed by atoms with Gasteiger partial charge in [0, 0.05) is 25.0 Å². The van der Waals surface area contributed by atoms with Gasteiger partial charge in [0.05, 0.1) is 11.7 Å². The quantitative estimate of drug-likeness (QED) is 0.774. The fraction of sp³-hybridized carbons (Fsp3) is 0.318. The zero-order valence-electron chi connectivity index (χ0n) is 15.8. The molecule has 5 heteroatoms. The molecule has 1 N–H and O–H groups in total. The van der Waals surface area contributed by atoms with Gasteiger partial charge < -0.3 is 5.32 Å². The molecule has 0 spiro atoms. The average Bonchev–Trinajstić information content (AvgIpc) is 3.03. The molecule has 0 radical (unpaired) electrons. The summed E-state index contributed by atoms with van der Waals surface area (Å²) in [6, 6.07) is 11.9. The van der Waals surface area contributed by atoms with E-state index in [1.54, 1.807) is 10.9 Å². The zero-order chi connectivity index (χ0) is 18.8. The Labute approximate surface area is 159 Å². The summed E-state index contributed by atoms with van der Waals surface area (Å²) in [5.74, 6) is -0.0809. The van der Waals surface area contributed by atoms with Gasteiger partial charge in [-0.05, 0) is 49.8 Å². The minimum absolute atomic E-state index is 0.0809. The van der Waals surface area contributed by atoms with Gasteiger partial charge in [0.1, 0.15) is 5.69 Å². The Morgan fingerprint density at radius 1 is 1.11 bits per heavy atom. The molecule has 138 valence electrons. The number of nitrogens with one attached hydrogen (secondary N) is 1. The van der Waals surface area contributed by atoms with Crippen LogP contribution in [0, 0.1) is 6.92 Å². The number of aryl methyl sites for hydroxylation is 3. The van der Waals surface area contributed by atoms with Crippen LogP contribution in [0.5, 0.6) is 0 Å². The van der Waals surface area contributed by atoms with Crippen LogP contribution in [0.2, 0.25) is 0 Å². The zero-order valence-corrected chi connectivity index (χ0v) is 15.8. The fourth-order valence-corrected chi connectivity index (χ4v) is 3.83. The van der Waals surface area contributed by atoms with Crippen molar-refractivity contribution in [1.29, 1.82) is 0 Å². The number of aromatic nitrogens is 3. The number of benzene rings is 1. The fourth-order valence-electron chi connectivity index (χ4n) is 3.83. The summed E-state index contributed by atoms with van der Waals surface area (Å²) in [6.07, 6.45) is 7.70. The van der Waals surface area contributed by atoms with E-state index >= 15 is 0 Å². The van der Waals surface area contributed by atoms with Crippen molar-refractivity contribution in [2.75, 3.05) is 0 Å². The molecule has 0 unspecified atom stereocenters. The van der Waals surface area contributed by atoms with Crippen molar-refractivity contribution >= 4 is 5.91 Å². The Hall–Kier alpha value is -2.95. The van der Waals surface area contributed by atoms with Gasteiger partial charge >= 0.3 is 0 Å². The number of hydrogen-bond acceptors (Lipinski definition) is 3. The van der Waals surface area contributed by atoms with E-state index in [-0.39, 0.29) is 11.9 Å². The normalized spacial score (nSPS) is 14.4. The Morgan fingerprint density at radius 2 is 1.89 bits per heavy atom. The molecule has 0 aliphatic heterocycles. The summed E-state index contributed by atoms with van der Waals surface area (Å²) in [7, 11) is 1.86. The topological polar surface area (TPSA) is 59.8 Å². The van der Waals surface area contributed by atoms with Gasteiger partial charge in [-0.1, -0.05) is 35.9 Å². The number of rotatable bonds is 4. The lowest BCUT2D eigenvalue weighted by Crippen LogP contribution is -2.31. The minimum Gasteiger partial charge on any atom is -0.340 e. The van der Waals surface area contributed by atoms with Crippen LogP contribution in [0.1, 0.15) is 57.3 Å². The van der Waals surface area contributed by atoms with Gasteiger partial charge in [-0.3, -0.25) is 14.5 Å². The maximum atomic E-state index is 13.2. The molecule has 2 heterocycles. The largest absolute Gasteiger partial charge is 0.340 e. The summed E-state index contributed by atoms with van der Waals surface area (Å²) < 4.78 is 1.74. The monoisotopic (exact) mass is 360 g/mol. The highest BCUT2D eigenvalue weighted by Gasteiger charge is 2.26. The number of hydrogen-bond donors (Lipinski definition) is 1. The molecule has 1 atom stereocenters. The summed E-state index contributed by atoms with van der Waals surface area (Å²) in [5, 5.41) is 7.80. The number of amides is 1. The van der Waals surface area contributed by atoms with E-state index in [1.807, 2.05) is 25.4 Å². The molecule has 0 bridgehead atoms. The number of carbonyl (C=O) groups excluding carboxylic acids is 1. The van der Waals surface area contributed by atoms with E-state index in [0.717, 1.165) is 48.1 Å². The third-order valence-electron chi connectivity index (χ3n) is 5.24. The van der Waals surface area contributed by atoms with Gasteiger partial charge in [-0.25, -0.2) is 0 Å². The van der Waals surface area contributed by atoms with E-state index in [1.165, 1.54) is 5.56 Å². The number of carbonyl (C=O) groups is 1. The van der Waals surface area contributed by atoms with E-state index in [9.17, 15) is 4.79 Å². The highest BCUT2D eigenvalue weighted by Crippen LogP contribution is 2.26. The third-order valence-corrected chi connectivity index (χ3v) is 5.24. The minimum atomic E-state index is -0.249. The van der Waals surface area contributed by atoms with E-state index in [0.29, 0.717) is 5.69 Å². The maximum Gasteiger partial charge on any atom is 0.270 e. The average molecular weight is 360 g/mol. The van der Waals surface area contributed by atoms with Crippen LogP contribution in [0.15, 0.2) is 48.8 Å². The summed E-state index contributed by atoms with van der Waals surface area (Å²) >= 11 is 0. The standard InChI is InChI=1S/C22H24N4O/c1-15-9-11-16(12-10-15)20(17-6-5-13-23-14-17)24-22(27)21-18-7-3-4-8-19(18)25-26(21)2/h5-6,9-14,20H,3-4,7-8H2,1-2H3,(H,24,27)/t20-/m0/s1. The van der Waals surface area contributed by atoms with Gasteiger partial charge in [-0.2, -0.15) is 5.10 Å². The molecule has 0 fully saturated rings. The molecule has 1 aromatic carbocycles. The predicted octanol–water partition coefficient (Wildman–Crippen LogP) is 3.52. The van der Waals surface area contributed by atoms with Crippen LogP contribution in [0.3, 0.4) is 0 Å². The van der Waals surface area contributed by atoms with Gasteiger partial charge in [-0.15, -0.1) is 0 Å². The van der Waals surface area contributed by atoms with Crippen molar-refractivity contribution in [3.63, 3.8) is 0 Å². The molecule has 1 aliphatic carbocycles. The summed E-state index contributed by atoms with van der Waals surface area (Å²) in [4.78, 5) is 17.5. The number of nitrogens with zero attached hydrogens (tertiary/aromatic N) is 3. The maximum absolute atomic E-state index is 13.2. The van der Waals surface area contributed by atoms with Crippen LogP contribution >= 0.6 is 0 Å². The molecule has 2 aromatic heterocycles. The molecule has 3 aromatic rings. The smallest absolute Gasteiger partial charge is 0.270 e. The van der Waals surface area contributed by atoms with Gasteiger partial charge in [0.25, 0.3) is 5.91 Å². The Kier molecular flexibility index (Phi) is 4.75. The first kappa shape index (κ1) is 17.5. The first-order valence-electron chi connectivity index (χ1n) is 9.45. The van der Waals surface area contributed by atoms with Gasteiger partial charge in [0.15, 0.2) is 0 Å². The lowest BCUT2D eigenvalue weighted by Gasteiger charge is -2.20. The molecule has 1 amide bonds. The SMILES string of the molecule is Cc1ccc([C@H](NC(=O)c2c3c(nn2C)CCCC3)c2cccnc2)cc1. The molecule has 0 saturated carbocycles. The van der Waals surface area contributed by atoms with E-state index < -0.39 is 0 Å². The predicted molar refractivity (Wildman–Crippen MR) is 105 cm³/mol. The second-order valence-corrected chi connectivity index (χ2v) is 7.21. The Balaban J connectivity index is 1.69. The number of fused-ring (bicyclic) bond motifs is 1. The first-order valence-corrected chi connectivity index (χ1v) is 9.45. The third kappa shape index (κ3) is 3.50. The van der Waals surface area contributed by atoms with Crippen LogP contribution in [-0.4, -0.2) is 20.7 Å². The van der Waals surface area contributed by atoms with Crippen LogP contribution in [-0.2, 0) is 19.9 Å². The highest BCUT2D eigenvalue weighted by molar-refractivity contribution is 5.95. The second kappa shape index (κ2) is 7.35. The molecular formula is C22H24N4O. The number of pyridine rings is 1. The van der Waals surface area contributed by atoms with E-state index in [2.05, 4.69) is 46.6 Å². The summed E-state index contributed by atoms with van der Waals surface area (Å²) in [6.45, 7) is 2.06. The van der Waals surface area contributed by atoms with Crippen molar-refractivity contribution in [2.45, 2.75) is 38.6 Å². The molecule has 4 rings (SSSR count). The summed E-state index contributed by atoms with van der Waals surface area (Å²) in [5.41, 5.74) is 6.06. The van der Waals surface area contributed by atoms with Crippen molar-refractivity contribution in [3.8, 4) is 0 Å². The van der Waals surface area contributed by atoms with Crippen molar-refractivity contribution in [3.05, 3.63) is 82.4 Å². The van der Waals surface area contributed by atoms with Crippen molar-refractivity contribution in [1.82, 2.24) is 20.1 Å². The lowest BCUT2D eigenvalue weighted by molar-refractivity contribution is 0.0932. The van der Waals surface area contributed by atoms with Gasteiger partial charge in [0.2, 0.25) is 0 Å². The lowest BCUT2D eigenvalue weighted by atomic mass is 9.95. The molecule has 5 nitrogen and oxygen atoms in total. The molecular weight excluding hydrogens is 336 g/mol. The van der Waals surface area contributed by atoms with Crippen molar-refractivity contribution < 1.29 is 4.79 Å². The van der Waals surface area contributed by atoms with Crippen LogP contribution in [0.25, 0.3) is 0 Å². The highest BCUT2D eigenvalue weighted by atomic mass is 16.2. The van der Waals surface area contributed by atoms with Crippen LogP contribution < -0.4 is 5.32 Å².